The number of hydrogen-bond donors (Lipinski definition) is 1. The van der Waals surface area contributed by atoms with Crippen LogP contribution in [0.1, 0.15) is 18.9 Å². The van der Waals surface area contributed by atoms with Gasteiger partial charge in [-0.15, -0.1) is 10.2 Å². The van der Waals surface area contributed by atoms with Crippen LogP contribution in [-0.4, -0.2) is 20.2 Å². The van der Waals surface area contributed by atoms with Crippen LogP contribution in [0.15, 0.2) is 12.1 Å². The number of aromatic nitrogens is 4. The van der Waals surface area contributed by atoms with E-state index >= 15 is 0 Å². The minimum absolute atomic E-state index is 0.181. The summed E-state index contributed by atoms with van der Waals surface area (Å²) in [4.78, 5) is 1.51. The predicted octanol–water partition coefficient (Wildman–Crippen LogP) is 2.05. The van der Waals surface area contributed by atoms with Crippen LogP contribution < -0.4 is 5.73 Å². The normalized spacial score (nSPS) is 15.2. The standard InChI is InChI=1S/C10H9ClFN5/c11-7-4-8(12)6(3-9(7)13)10-14-16-17(15-10)5-1-2-5/h3-5H,1-2,13H2. The highest BCUT2D eigenvalue weighted by molar-refractivity contribution is 6.33. The maximum atomic E-state index is 13.7. The van der Waals surface area contributed by atoms with Crippen LogP contribution in [0.2, 0.25) is 5.02 Å². The molecule has 1 fully saturated rings. The maximum absolute atomic E-state index is 13.7. The van der Waals surface area contributed by atoms with Crippen molar-refractivity contribution in [1.29, 1.82) is 0 Å². The van der Waals surface area contributed by atoms with Crippen molar-refractivity contribution in [3.8, 4) is 11.4 Å². The van der Waals surface area contributed by atoms with Gasteiger partial charge in [-0.25, -0.2) is 4.39 Å². The first-order chi connectivity index (χ1) is 8.15. The first-order valence-corrected chi connectivity index (χ1v) is 5.57. The Morgan fingerprint density at radius 1 is 1.41 bits per heavy atom. The van der Waals surface area contributed by atoms with Crippen molar-refractivity contribution in [1.82, 2.24) is 20.2 Å². The van der Waals surface area contributed by atoms with Crippen LogP contribution in [-0.2, 0) is 0 Å². The van der Waals surface area contributed by atoms with E-state index in [1.54, 1.807) is 0 Å². The average Bonchev–Trinajstić information content (AvgIpc) is 3.03. The summed E-state index contributed by atoms with van der Waals surface area (Å²) in [5.41, 5.74) is 6.14. The van der Waals surface area contributed by atoms with E-state index in [-0.39, 0.29) is 16.4 Å². The molecule has 1 saturated carbocycles. The van der Waals surface area contributed by atoms with Crippen LogP contribution in [0.3, 0.4) is 0 Å². The first-order valence-electron chi connectivity index (χ1n) is 5.19. The summed E-state index contributed by atoms with van der Waals surface area (Å²) in [6.07, 6.45) is 2.09. The Bertz CT molecular complexity index is 578. The Kier molecular flexibility index (Phi) is 2.25. The van der Waals surface area contributed by atoms with Gasteiger partial charge in [0.25, 0.3) is 0 Å². The third-order valence-corrected chi connectivity index (χ3v) is 2.96. The molecule has 1 aromatic carbocycles. The highest BCUT2D eigenvalue weighted by Gasteiger charge is 2.27. The Balaban J connectivity index is 2.04. The van der Waals surface area contributed by atoms with Crippen LogP contribution >= 0.6 is 11.6 Å². The molecule has 2 aromatic rings. The van der Waals surface area contributed by atoms with Crippen LogP contribution in [0.4, 0.5) is 10.1 Å². The van der Waals surface area contributed by atoms with Gasteiger partial charge in [-0.05, 0) is 30.2 Å². The molecule has 1 aliphatic rings. The molecule has 1 aliphatic carbocycles. The van der Waals surface area contributed by atoms with E-state index in [4.69, 9.17) is 17.3 Å². The molecular formula is C10H9ClFN5. The molecule has 17 heavy (non-hydrogen) atoms. The molecule has 5 nitrogen and oxygen atoms in total. The van der Waals surface area contributed by atoms with E-state index in [1.165, 1.54) is 10.9 Å². The average molecular weight is 254 g/mol. The summed E-state index contributed by atoms with van der Waals surface area (Å²) in [5.74, 6) is -0.266. The largest absolute Gasteiger partial charge is 0.398 e. The Labute approximate surface area is 101 Å². The van der Waals surface area contributed by atoms with Crippen molar-refractivity contribution in [2.24, 2.45) is 0 Å². The number of benzene rings is 1. The first kappa shape index (κ1) is 10.5. The van der Waals surface area contributed by atoms with E-state index in [2.05, 4.69) is 15.4 Å². The molecular weight excluding hydrogens is 245 g/mol. The summed E-state index contributed by atoms with van der Waals surface area (Å²) >= 11 is 5.71. The molecule has 7 heteroatoms. The van der Waals surface area contributed by atoms with Crippen molar-refractivity contribution in [2.75, 3.05) is 5.73 Å². The fourth-order valence-corrected chi connectivity index (χ4v) is 1.68. The number of hydrogen-bond acceptors (Lipinski definition) is 4. The second kappa shape index (κ2) is 3.66. The van der Waals surface area contributed by atoms with Gasteiger partial charge in [0, 0.05) is 0 Å². The topological polar surface area (TPSA) is 69.6 Å². The molecule has 88 valence electrons. The number of nitrogens with two attached hydrogens (primary N) is 1. The minimum atomic E-state index is -0.500. The van der Waals surface area contributed by atoms with Gasteiger partial charge >= 0.3 is 0 Å². The zero-order valence-electron chi connectivity index (χ0n) is 8.77. The van der Waals surface area contributed by atoms with Crippen LogP contribution in [0.25, 0.3) is 11.4 Å². The van der Waals surface area contributed by atoms with Gasteiger partial charge < -0.3 is 5.73 Å². The number of rotatable bonds is 2. The van der Waals surface area contributed by atoms with Gasteiger partial charge in [0.05, 0.1) is 22.3 Å². The lowest BCUT2D eigenvalue weighted by atomic mass is 10.2. The molecule has 0 spiro atoms. The van der Waals surface area contributed by atoms with Gasteiger partial charge in [-0.1, -0.05) is 11.6 Å². The van der Waals surface area contributed by atoms with Crippen molar-refractivity contribution >= 4 is 17.3 Å². The monoisotopic (exact) mass is 253 g/mol. The highest BCUT2D eigenvalue weighted by atomic mass is 35.5. The smallest absolute Gasteiger partial charge is 0.207 e. The molecule has 0 bridgehead atoms. The van der Waals surface area contributed by atoms with E-state index in [0.29, 0.717) is 11.7 Å². The van der Waals surface area contributed by atoms with E-state index in [9.17, 15) is 4.39 Å². The summed E-state index contributed by atoms with van der Waals surface area (Å²) in [6, 6.07) is 2.89. The predicted molar refractivity (Wildman–Crippen MR) is 60.9 cm³/mol. The molecule has 1 aromatic heterocycles. The molecule has 0 saturated heterocycles. The molecule has 2 N–H and O–H groups in total. The summed E-state index contributed by atoms with van der Waals surface area (Å²) < 4.78 is 13.7. The number of nitrogens with zero attached hydrogens (tertiary/aromatic N) is 4. The minimum Gasteiger partial charge on any atom is -0.398 e. The Morgan fingerprint density at radius 2 is 2.18 bits per heavy atom. The fraction of sp³-hybridized carbons (Fsp3) is 0.300. The maximum Gasteiger partial charge on any atom is 0.207 e. The number of nitrogen functional groups attached to an aromatic ring is 1. The molecule has 0 amide bonds. The number of tetrazole rings is 1. The van der Waals surface area contributed by atoms with E-state index in [1.807, 2.05) is 0 Å². The fourth-order valence-electron chi connectivity index (χ4n) is 1.53. The summed E-state index contributed by atoms with van der Waals surface area (Å²) in [7, 11) is 0. The summed E-state index contributed by atoms with van der Waals surface area (Å²) in [5, 5.41) is 12.0. The molecule has 0 unspecified atom stereocenters. The van der Waals surface area contributed by atoms with Gasteiger partial charge in [0.2, 0.25) is 5.82 Å². The van der Waals surface area contributed by atoms with Crippen molar-refractivity contribution in [3.05, 3.63) is 23.0 Å². The van der Waals surface area contributed by atoms with Gasteiger partial charge in [-0.3, -0.25) is 0 Å². The second-order valence-electron chi connectivity index (χ2n) is 4.02. The quantitative estimate of drug-likeness (QED) is 0.832. The van der Waals surface area contributed by atoms with Crippen molar-refractivity contribution < 1.29 is 4.39 Å². The van der Waals surface area contributed by atoms with Crippen molar-refractivity contribution in [2.45, 2.75) is 18.9 Å². The lowest BCUT2D eigenvalue weighted by molar-refractivity contribution is 0.537. The van der Waals surface area contributed by atoms with E-state index < -0.39 is 5.82 Å². The van der Waals surface area contributed by atoms with Gasteiger partial charge in [0.15, 0.2) is 0 Å². The lowest BCUT2D eigenvalue weighted by Gasteiger charge is -2.01. The Morgan fingerprint density at radius 3 is 2.88 bits per heavy atom. The zero-order valence-corrected chi connectivity index (χ0v) is 9.52. The zero-order chi connectivity index (χ0) is 12.0. The molecule has 3 rings (SSSR count). The number of halogens is 2. The molecule has 0 aliphatic heterocycles. The molecule has 1 heterocycles. The third kappa shape index (κ3) is 1.84. The third-order valence-electron chi connectivity index (χ3n) is 2.63. The van der Waals surface area contributed by atoms with Crippen LogP contribution in [0.5, 0.6) is 0 Å². The van der Waals surface area contributed by atoms with Crippen LogP contribution in [0, 0.1) is 5.82 Å². The molecule has 0 radical (unpaired) electrons. The second-order valence-corrected chi connectivity index (χ2v) is 4.43. The highest BCUT2D eigenvalue weighted by Crippen LogP contribution is 2.34. The van der Waals surface area contributed by atoms with Gasteiger partial charge in [0.1, 0.15) is 5.82 Å². The SMILES string of the molecule is Nc1cc(-c2nnn(C3CC3)n2)c(F)cc1Cl. The number of anilines is 1. The van der Waals surface area contributed by atoms with E-state index in [0.717, 1.165) is 18.9 Å². The van der Waals surface area contributed by atoms with Gasteiger partial charge in [-0.2, -0.15) is 4.80 Å². The summed E-state index contributed by atoms with van der Waals surface area (Å²) in [6.45, 7) is 0. The van der Waals surface area contributed by atoms with Crippen molar-refractivity contribution in [3.63, 3.8) is 0 Å². The lowest BCUT2D eigenvalue weighted by Crippen LogP contribution is -1.98. The Hall–Kier alpha value is -1.69. The molecule has 0 atom stereocenters.